The van der Waals surface area contributed by atoms with E-state index in [0.29, 0.717) is 23.1 Å². The predicted octanol–water partition coefficient (Wildman–Crippen LogP) is 5.70. The van der Waals surface area contributed by atoms with Crippen molar-refractivity contribution in [1.82, 2.24) is 9.80 Å². The topological polar surface area (TPSA) is 57.0 Å². The zero-order valence-electron chi connectivity index (χ0n) is 22.1. The molecule has 192 valence electrons. The molecule has 1 amide bonds. The number of benzene rings is 2. The van der Waals surface area contributed by atoms with Crippen molar-refractivity contribution in [2.45, 2.75) is 52.0 Å². The molecule has 4 rings (SSSR count). The maximum Gasteiger partial charge on any atom is 0.290 e. The highest BCUT2D eigenvalue weighted by molar-refractivity contribution is 5.99. The molecule has 1 aliphatic heterocycles. The smallest absolute Gasteiger partial charge is 0.290 e. The molecule has 1 atom stereocenters. The summed E-state index contributed by atoms with van der Waals surface area (Å²) in [6, 6.07) is 14.9. The first-order valence-electron chi connectivity index (χ1n) is 13.3. The largest absolute Gasteiger partial charge is 0.450 e. The van der Waals surface area contributed by atoms with Crippen LogP contribution in [0, 0.1) is 0 Å². The Morgan fingerprint density at radius 1 is 0.861 bits per heavy atom. The van der Waals surface area contributed by atoms with Gasteiger partial charge in [0, 0.05) is 26.3 Å². The summed E-state index contributed by atoms with van der Waals surface area (Å²) in [5.41, 5.74) is 2.82. The quantitative estimate of drug-likeness (QED) is 0.327. The van der Waals surface area contributed by atoms with E-state index in [9.17, 15) is 9.59 Å². The van der Waals surface area contributed by atoms with E-state index in [0.717, 1.165) is 37.3 Å². The molecule has 0 spiro atoms. The Morgan fingerprint density at radius 2 is 1.50 bits per heavy atom. The second kappa shape index (κ2) is 11.7. The predicted molar refractivity (Wildman–Crippen MR) is 147 cm³/mol. The first-order valence-corrected chi connectivity index (χ1v) is 13.3. The second-order valence-electron chi connectivity index (χ2n) is 9.96. The van der Waals surface area contributed by atoms with Crippen molar-refractivity contribution in [3.63, 3.8) is 0 Å². The van der Waals surface area contributed by atoms with Crippen LogP contribution in [0.3, 0.4) is 0 Å². The zero-order valence-corrected chi connectivity index (χ0v) is 22.1. The molecule has 0 saturated heterocycles. The van der Waals surface area contributed by atoms with E-state index in [4.69, 9.17) is 4.42 Å². The van der Waals surface area contributed by atoms with E-state index in [2.05, 4.69) is 18.7 Å². The van der Waals surface area contributed by atoms with Crippen molar-refractivity contribution >= 4 is 22.6 Å². The van der Waals surface area contributed by atoms with E-state index < -0.39 is 6.04 Å². The van der Waals surface area contributed by atoms with Crippen molar-refractivity contribution in [2.75, 3.05) is 45.2 Å². The number of amides is 1. The number of carbonyl (C=O) groups is 1. The van der Waals surface area contributed by atoms with Gasteiger partial charge in [0.1, 0.15) is 5.58 Å². The SMILES string of the molecule is CCCCN(CCCC)CCCN1C(=O)c2oc3ccccc3c(=O)c2C1c1ccc(N(C)C)cc1. The van der Waals surface area contributed by atoms with Gasteiger partial charge in [-0.15, -0.1) is 0 Å². The number of unbranched alkanes of at least 4 members (excludes halogenated alkanes) is 2. The Hall–Kier alpha value is -3.12. The van der Waals surface area contributed by atoms with Crippen LogP contribution in [0.4, 0.5) is 5.69 Å². The van der Waals surface area contributed by atoms with E-state index in [1.54, 1.807) is 12.1 Å². The van der Waals surface area contributed by atoms with Gasteiger partial charge < -0.3 is 19.1 Å². The number of nitrogens with zero attached hydrogens (tertiary/aromatic N) is 3. The van der Waals surface area contributed by atoms with Crippen LogP contribution in [0.15, 0.2) is 57.7 Å². The zero-order chi connectivity index (χ0) is 25.7. The number of carbonyl (C=O) groups excluding carboxylic acids is 1. The maximum absolute atomic E-state index is 13.6. The highest BCUT2D eigenvalue weighted by Gasteiger charge is 2.42. The molecule has 6 heteroatoms. The van der Waals surface area contributed by atoms with Gasteiger partial charge in [0.15, 0.2) is 5.43 Å². The Morgan fingerprint density at radius 3 is 2.14 bits per heavy atom. The summed E-state index contributed by atoms with van der Waals surface area (Å²) in [5, 5.41) is 0.520. The molecule has 6 nitrogen and oxygen atoms in total. The average molecular weight is 490 g/mol. The molecule has 2 aromatic carbocycles. The first-order chi connectivity index (χ1) is 17.5. The highest BCUT2D eigenvalue weighted by atomic mass is 16.3. The number of para-hydroxylation sites is 1. The highest BCUT2D eigenvalue weighted by Crippen LogP contribution is 2.38. The molecule has 1 aliphatic rings. The van der Waals surface area contributed by atoms with Crippen molar-refractivity contribution in [2.24, 2.45) is 0 Å². The summed E-state index contributed by atoms with van der Waals surface area (Å²) in [6.45, 7) is 8.14. The number of fused-ring (bicyclic) bond motifs is 2. The fourth-order valence-electron chi connectivity index (χ4n) is 5.06. The lowest BCUT2D eigenvalue weighted by atomic mass is 9.98. The summed E-state index contributed by atoms with van der Waals surface area (Å²) >= 11 is 0. The van der Waals surface area contributed by atoms with E-state index in [1.165, 1.54) is 25.7 Å². The molecule has 0 N–H and O–H groups in total. The lowest BCUT2D eigenvalue weighted by Gasteiger charge is -2.27. The fraction of sp³-hybridized carbons (Fsp3) is 0.467. The Labute approximate surface area is 214 Å². The Kier molecular flexibility index (Phi) is 8.47. The molecule has 1 unspecified atom stereocenters. The molecule has 1 aromatic heterocycles. The van der Waals surface area contributed by atoms with E-state index in [1.807, 2.05) is 60.3 Å². The maximum atomic E-state index is 13.6. The number of hydrogen-bond donors (Lipinski definition) is 0. The van der Waals surface area contributed by atoms with Crippen molar-refractivity contribution in [3.05, 3.63) is 75.6 Å². The molecule has 0 radical (unpaired) electrons. The molecule has 3 aromatic rings. The van der Waals surface area contributed by atoms with Gasteiger partial charge >= 0.3 is 0 Å². The minimum Gasteiger partial charge on any atom is -0.450 e. The van der Waals surface area contributed by atoms with Gasteiger partial charge in [-0.05, 0) is 68.7 Å². The van der Waals surface area contributed by atoms with E-state index in [-0.39, 0.29) is 17.1 Å². The average Bonchev–Trinajstić information content (AvgIpc) is 3.17. The second-order valence-corrected chi connectivity index (χ2v) is 9.96. The van der Waals surface area contributed by atoms with Crippen molar-refractivity contribution in [1.29, 1.82) is 0 Å². The third kappa shape index (κ3) is 5.34. The molecular weight excluding hydrogens is 450 g/mol. The molecule has 0 bridgehead atoms. The Balaban J connectivity index is 1.66. The van der Waals surface area contributed by atoms with Gasteiger partial charge in [0.25, 0.3) is 5.91 Å². The minimum atomic E-state index is -0.440. The number of anilines is 1. The van der Waals surface area contributed by atoms with Crippen LogP contribution >= 0.6 is 0 Å². The van der Waals surface area contributed by atoms with Crippen LogP contribution in [0.2, 0.25) is 0 Å². The number of hydrogen-bond acceptors (Lipinski definition) is 5. The third-order valence-electron chi connectivity index (χ3n) is 7.13. The van der Waals surface area contributed by atoms with Gasteiger partial charge in [-0.1, -0.05) is 51.0 Å². The standard InChI is InChI=1S/C30H39N3O3/c1-5-7-18-32(19-8-6-2)20-11-21-33-27(22-14-16-23(17-15-22)31(3)4)26-28(34)24-12-9-10-13-25(24)36-29(26)30(33)35/h9-10,12-17,27H,5-8,11,18-21H2,1-4H3. The van der Waals surface area contributed by atoms with Crippen LogP contribution in [0.5, 0.6) is 0 Å². The molecule has 2 heterocycles. The van der Waals surface area contributed by atoms with Crippen molar-refractivity contribution < 1.29 is 9.21 Å². The van der Waals surface area contributed by atoms with Crippen LogP contribution in [0.25, 0.3) is 11.0 Å². The molecule has 36 heavy (non-hydrogen) atoms. The summed E-state index contributed by atoms with van der Waals surface area (Å²) < 4.78 is 6.07. The van der Waals surface area contributed by atoms with Gasteiger partial charge in [-0.25, -0.2) is 0 Å². The number of rotatable bonds is 12. The Bertz CT molecular complexity index is 1220. The monoisotopic (exact) mass is 489 g/mol. The van der Waals surface area contributed by atoms with Crippen LogP contribution in [0.1, 0.15) is 73.7 Å². The minimum absolute atomic E-state index is 0.114. The fourth-order valence-corrected chi connectivity index (χ4v) is 5.06. The van der Waals surface area contributed by atoms with Gasteiger partial charge in [-0.2, -0.15) is 0 Å². The molecule has 0 saturated carbocycles. The van der Waals surface area contributed by atoms with Gasteiger partial charge in [0.2, 0.25) is 5.76 Å². The van der Waals surface area contributed by atoms with Gasteiger partial charge in [-0.3, -0.25) is 9.59 Å². The van der Waals surface area contributed by atoms with Crippen LogP contribution < -0.4 is 10.3 Å². The van der Waals surface area contributed by atoms with Gasteiger partial charge in [0.05, 0.1) is 17.0 Å². The lowest BCUT2D eigenvalue weighted by molar-refractivity contribution is 0.0719. The van der Waals surface area contributed by atoms with E-state index >= 15 is 0 Å². The summed E-state index contributed by atoms with van der Waals surface area (Å²) in [4.78, 5) is 33.7. The van der Waals surface area contributed by atoms with Crippen LogP contribution in [-0.2, 0) is 0 Å². The summed E-state index contributed by atoms with van der Waals surface area (Å²) in [6.07, 6.45) is 5.57. The molecule has 0 aliphatic carbocycles. The normalized spacial score (nSPS) is 15.2. The lowest BCUT2D eigenvalue weighted by Crippen LogP contribution is -2.34. The summed E-state index contributed by atoms with van der Waals surface area (Å²) in [7, 11) is 4.00. The first kappa shape index (κ1) is 26.0. The molecule has 0 fully saturated rings. The van der Waals surface area contributed by atoms with Crippen LogP contribution in [-0.4, -0.2) is 56.0 Å². The van der Waals surface area contributed by atoms with Crippen molar-refractivity contribution in [3.8, 4) is 0 Å². The third-order valence-corrected chi connectivity index (χ3v) is 7.13. The molecular formula is C30H39N3O3. The summed E-state index contributed by atoms with van der Waals surface area (Å²) in [5.74, 6) is -0.00239.